The fourth-order valence-electron chi connectivity index (χ4n) is 3.39. The van der Waals surface area contributed by atoms with Crippen LogP contribution in [-0.4, -0.2) is 12.6 Å². The molecule has 0 spiro atoms. The van der Waals surface area contributed by atoms with E-state index in [0.717, 1.165) is 30.0 Å². The number of aryl methyl sites for hydroxylation is 1. The second-order valence-corrected chi connectivity index (χ2v) is 9.09. The van der Waals surface area contributed by atoms with Crippen molar-refractivity contribution in [3.63, 3.8) is 0 Å². The van der Waals surface area contributed by atoms with E-state index in [2.05, 4.69) is 26.1 Å². The zero-order valence-electron chi connectivity index (χ0n) is 16.0. The molecule has 2 aromatic rings. The Morgan fingerprint density at radius 1 is 1.12 bits per heavy atom. The molecule has 0 aromatic heterocycles. The lowest BCUT2D eigenvalue weighted by atomic mass is 9.85. The molecule has 0 bridgehead atoms. The molecule has 1 heterocycles. The summed E-state index contributed by atoms with van der Waals surface area (Å²) in [6.45, 7) is 9.58. The van der Waals surface area contributed by atoms with Crippen LogP contribution in [0.15, 0.2) is 42.5 Å². The maximum Gasteiger partial charge on any atom is 0.145 e. The number of hydrogen-bond donors (Lipinski definition) is 1. The molecule has 1 N–H and O–H groups in total. The normalized spacial score (nSPS) is 19.8. The molecule has 26 heavy (non-hydrogen) atoms. The molecule has 0 radical (unpaired) electrons. The number of hydrogen-bond acceptors (Lipinski definition) is 1. The topological polar surface area (TPSA) is 12.0 Å². The summed E-state index contributed by atoms with van der Waals surface area (Å²) in [5.74, 6) is -0.00146. The van der Waals surface area contributed by atoms with Gasteiger partial charge in [0, 0.05) is 23.5 Å². The van der Waals surface area contributed by atoms with E-state index in [1.54, 1.807) is 6.07 Å². The molecule has 2 aromatic carbocycles. The number of halogens is 3. The molecule has 3 rings (SSSR count). The zero-order valence-corrected chi connectivity index (χ0v) is 17.5. The summed E-state index contributed by atoms with van der Waals surface area (Å²) >= 11 is 11.5. The minimum Gasteiger partial charge on any atom is -0.313 e. The molecular formula is C22H28Cl2FN. The summed E-state index contributed by atoms with van der Waals surface area (Å²) in [4.78, 5) is 0. The smallest absolute Gasteiger partial charge is 0.145 e. The third-order valence-corrected chi connectivity index (χ3v) is 5.01. The lowest BCUT2D eigenvalue weighted by Crippen LogP contribution is -2.26. The van der Waals surface area contributed by atoms with Crippen molar-refractivity contribution in [1.29, 1.82) is 0 Å². The van der Waals surface area contributed by atoms with Crippen molar-refractivity contribution in [3.8, 4) is 0 Å². The van der Waals surface area contributed by atoms with Crippen molar-refractivity contribution in [2.75, 3.05) is 6.54 Å². The van der Waals surface area contributed by atoms with Gasteiger partial charge in [0.25, 0.3) is 0 Å². The Hall–Kier alpha value is -1.09. The van der Waals surface area contributed by atoms with Gasteiger partial charge in [-0.15, -0.1) is 0 Å². The molecule has 1 aliphatic heterocycles. The highest BCUT2D eigenvalue weighted by Gasteiger charge is 2.30. The van der Waals surface area contributed by atoms with Gasteiger partial charge in [-0.1, -0.05) is 68.2 Å². The number of benzene rings is 2. The molecule has 0 amide bonds. The van der Waals surface area contributed by atoms with Crippen molar-refractivity contribution in [2.24, 2.45) is 5.41 Å². The first-order chi connectivity index (χ1) is 12.2. The number of rotatable bonds is 2. The summed E-state index contributed by atoms with van der Waals surface area (Å²) in [5.41, 5.74) is 2.27. The van der Waals surface area contributed by atoms with Crippen LogP contribution in [-0.2, 0) is 0 Å². The second kappa shape index (κ2) is 9.21. The van der Waals surface area contributed by atoms with E-state index in [0.29, 0.717) is 11.5 Å². The molecule has 1 aliphatic rings. The fourth-order valence-corrected chi connectivity index (χ4v) is 3.82. The van der Waals surface area contributed by atoms with E-state index in [4.69, 9.17) is 23.2 Å². The third-order valence-electron chi connectivity index (χ3n) is 4.48. The van der Waals surface area contributed by atoms with Gasteiger partial charge in [-0.3, -0.25) is 0 Å². The Morgan fingerprint density at radius 2 is 1.81 bits per heavy atom. The first-order valence-corrected chi connectivity index (χ1v) is 9.81. The summed E-state index contributed by atoms with van der Waals surface area (Å²) < 4.78 is 14.0. The highest BCUT2D eigenvalue weighted by Crippen LogP contribution is 2.34. The molecule has 1 nitrogen and oxygen atoms in total. The Bertz CT molecular complexity index is 707. The number of nitrogens with one attached hydrogen (secondary N) is 1. The zero-order chi connectivity index (χ0) is 19.3. The van der Waals surface area contributed by atoms with E-state index >= 15 is 0 Å². The fraction of sp³-hybridized carbons (Fsp3) is 0.455. The standard InChI is InChI=1S/C15H21ClFN.C7H7Cl/c1-15(2,3)8-11-7-10(9-18-11)12-5-4-6-13(16)14(12)17;1-6-3-2-4-7(8)5-6/h4-6,10-11,18H,7-9H2,1-3H3;2-5H,1H3. The van der Waals surface area contributed by atoms with Gasteiger partial charge >= 0.3 is 0 Å². The summed E-state index contributed by atoms with van der Waals surface area (Å²) in [6.07, 6.45) is 2.11. The van der Waals surface area contributed by atoms with E-state index in [1.807, 2.05) is 43.3 Å². The second-order valence-electron chi connectivity index (χ2n) is 8.24. The molecule has 1 saturated heterocycles. The predicted molar refractivity (Wildman–Crippen MR) is 111 cm³/mol. The van der Waals surface area contributed by atoms with E-state index in [1.165, 1.54) is 5.56 Å². The van der Waals surface area contributed by atoms with Gasteiger partial charge in [0.2, 0.25) is 0 Å². The highest BCUT2D eigenvalue weighted by molar-refractivity contribution is 6.31. The van der Waals surface area contributed by atoms with Gasteiger partial charge in [-0.05, 0) is 54.5 Å². The Morgan fingerprint density at radius 3 is 2.38 bits per heavy atom. The molecule has 0 aliphatic carbocycles. The van der Waals surface area contributed by atoms with Crippen LogP contribution in [0.3, 0.4) is 0 Å². The van der Waals surface area contributed by atoms with Crippen molar-refractivity contribution in [1.82, 2.24) is 5.32 Å². The monoisotopic (exact) mass is 395 g/mol. The van der Waals surface area contributed by atoms with Crippen LogP contribution in [0.4, 0.5) is 4.39 Å². The average molecular weight is 396 g/mol. The van der Waals surface area contributed by atoms with Gasteiger partial charge in [0.05, 0.1) is 5.02 Å². The van der Waals surface area contributed by atoms with E-state index in [-0.39, 0.29) is 16.8 Å². The lowest BCUT2D eigenvalue weighted by molar-refractivity contribution is 0.324. The minimum absolute atomic E-state index is 0.228. The molecule has 1 fully saturated rings. The van der Waals surface area contributed by atoms with Gasteiger partial charge < -0.3 is 5.32 Å². The largest absolute Gasteiger partial charge is 0.313 e. The maximum absolute atomic E-state index is 14.0. The Kier molecular flexibility index (Phi) is 7.52. The lowest BCUT2D eigenvalue weighted by Gasteiger charge is -2.23. The summed E-state index contributed by atoms with van der Waals surface area (Å²) in [6, 6.07) is 13.5. The molecular weight excluding hydrogens is 368 g/mol. The van der Waals surface area contributed by atoms with Gasteiger partial charge in [0.1, 0.15) is 5.82 Å². The molecule has 2 atom stereocenters. The third kappa shape index (κ3) is 6.57. The Balaban J connectivity index is 0.000000254. The maximum atomic E-state index is 14.0. The quantitative estimate of drug-likeness (QED) is 0.576. The Labute approximate surface area is 166 Å². The SMILES string of the molecule is CC(C)(C)CC1CC(c2cccc(Cl)c2F)CN1.Cc1cccc(Cl)c1. The first kappa shape index (κ1) is 21.2. The van der Waals surface area contributed by atoms with Crippen molar-refractivity contribution in [3.05, 3.63) is 69.5 Å². The van der Waals surface area contributed by atoms with E-state index < -0.39 is 0 Å². The van der Waals surface area contributed by atoms with Crippen LogP contribution in [0.5, 0.6) is 0 Å². The van der Waals surface area contributed by atoms with Crippen molar-refractivity contribution < 1.29 is 4.39 Å². The van der Waals surface area contributed by atoms with Gasteiger partial charge in [-0.25, -0.2) is 4.39 Å². The van der Waals surface area contributed by atoms with Crippen LogP contribution < -0.4 is 5.32 Å². The minimum atomic E-state index is -0.248. The molecule has 0 saturated carbocycles. The van der Waals surface area contributed by atoms with Crippen LogP contribution >= 0.6 is 23.2 Å². The molecule has 142 valence electrons. The first-order valence-electron chi connectivity index (χ1n) is 9.05. The molecule has 2 unspecified atom stereocenters. The highest BCUT2D eigenvalue weighted by atomic mass is 35.5. The summed E-state index contributed by atoms with van der Waals surface area (Å²) in [5, 5.41) is 4.54. The van der Waals surface area contributed by atoms with Crippen LogP contribution in [0.2, 0.25) is 10.0 Å². The van der Waals surface area contributed by atoms with Crippen molar-refractivity contribution >= 4 is 23.2 Å². The van der Waals surface area contributed by atoms with Gasteiger partial charge in [-0.2, -0.15) is 0 Å². The van der Waals surface area contributed by atoms with Crippen LogP contribution in [0.25, 0.3) is 0 Å². The van der Waals surface area contributed by atoms with Crippen LogP contribution in [0.1, 0.15) is 50.7 Å². The molecule has 4 heteroatoms. The van der Waals surface area contributed by atoms with Crippen molar-refractivity contribution in [2.45, 2.75) is 52.5 Å². The summed E-state index contributed by atoms with van der Waals surface area (Å²) in [7, 11) is 0. The van der Waals surface area contributed by atoms with Gasteiger partial charge in [0.15, 0.2) is 0 Å². The van der Waals surface area contributed by atoms with E-state index in [9.17, 15) is 4.39 Å². The van der Waals surface area contributed by atoms with Crippen LogP contribution in [0, 0.1) is 18.2 Å². The predicted octanol–water partition coefficient (Wildman–Crippen LogP) is 7.01. The average Bonchev–Trinajstić information content (AvgIpc) is 2.96.